The number of carbonyl (C=O) groups is 3. The predicted octanol–water partition coefficient (Wildman–Crippen LogP) is 3.18. The number of carbonyl (C=O) groups excluding carboxylic acids is 3. The molecular weight excluding hydrogens is 468 g/mol. The van der Waals surface area contributed by atoms with Crippen LogP contribution >= 0.6 is 11.3 Å². The molecule has 1 saturated heterocycles. The van der Waals surface area contributed by atoms with E-state index in [1.54, 1.807) is 0 Å². The fourth-order valence-corrected chi connectivity index (χ4v) is 4.81. The molecule has 3 aromatic heterocycles. The summed E-state index contributed by atoms with van der Waals surface area (Å²) in [5.74, 6) is -0.0837. The molecule has 180 valence electrons. The number of hydrogen-bond donors (Lipinski definition) is 2. The highest BCUT2D eigenvalue weighted by Crippen LogP contribution is 2.24. The summed E-state index contributed by atoms with van der Waals surface area (Å²) >= 11 is 1.48. The number of amides is 4. The zero-order valence-corrected chi connectivity index (χ0v) is 19.9. The van der Waals surface area contributed by atoms with Crippen LogP contribution in [0.4, 0.5) is 4.79 Å². The Morgan fingerprint density at radius 3 is 2.86 bits per heavy atom. The number of aromatic nitrogens is 3. The van der Waals surface area contributed by atoms with Gasteiger partial charge in [0, 0.05) is 30.1 Å². The molecule has 1 aliphatic heterocycles. The summed E-state index contributed by atoms with van der Waals surface area (Å²) in [7, 11) is 0. The fourth-order valence-electron chi connectivity index (χ4n) is 4.16. The van der Waals surface area contributed by atoms with Crippen molar-refractivity contribution >= 4 is 40.1 Å². The number of aromatic amines is 1. The van der Waals surface area contributed by atoms with E-state index in [0.717, 1.165) is 26.2 Å². The molecule has 10 nitrogen and oxygen atoms in total. The second-order valence-corrected chi connectivity index (χ2v) is 9.23. The monoisotopic (exact) mass is 492 g/mol. The maximum Gasteiger partial charge on any atom is 0.325 e. The average Bonchev–Trinajstić information content (AvgIpc) is 3.65. The standard InChI is InChI=1S/C24H24N6O4S/c1-2-9-29(13-20-27-28-22(34-20)19-8-5-10-35-19)21(31)14-30-23(32)18(26-24(30)33)11-15-12-25-17-7-4-3-6-16(15)17/h3-8,10,12,18,25H,2,9,11,13-14H2,1H3,(H,26,33)/t18-/m1/s1. The Balaban J connectivity index is 1.25. The molecule has 0 spiro atoms. The first-order valence-corrected chi connectivity index (χ1v) is 12.2. The van der Waals surface area contributed by atoms with Crippen LogP contribution in [0.25, 0.3) is 21.7 Å². The Morgan fingerprint density at radius 2 is 2.06 bits per heavy atom. The number of rotatable bonds is 9. The van der Waals surface area contributed by atoms with Crippen LogP contribution in [0.1, 0.15) is 24.8 Å². The molecule has 4 aromatic rings. The summed E-state index contributed by atoms with van der Waals surface area (Å²) in [5, 5.41) is 13.7. The second-order valence-electron chi connectivity index (χ2n) is 8.28. The lowest BCUT2D eigenvalue weighted by atomic mass is 10.1. The molecule has 4 amide bonds. The Morgan fingerprint density at radius 1 is 1.20 bits per heavy atom. The highest BCUT2D eigenvalue weighted by atomic mass is 32.1. The summed E-state index contributed by atoms with van der Waals surface area (Å²) in [6.07, 6.45) is 2.88. The molecule has 2 N–H and O–H groups in total. The van der Waals surface area contributed by atoms with Gasteiger partial charge < -0.3 is 19.6 Å². The van der Waals surface area contributed by atoms with E-state index in [9.17, 15) is 14.4 Å². The average molecular weight is 493 g/mol. The zero-order chi connectivity index (χ0) is 24.4. The third-order valence-corrected chi connectivity index (χ3v) is 6.73. The van der Waals surface area contributed by atoms with E-state index >= 15 is 0 Å². The van der Waals surface area contributed by atoms with E-state index < -0.39 is 18.0 Å². The lowest BCUT2D eigenvalue weighted by Gasteiger charge is -2.22. The van der Waals surface area contributed by atoms with Crippen LogP contribution in [0.5, 0.6) is 0 Å². The maximum atomic E-state index is 13.1. The van der Waals surface area contributed by atoms with Crippen LogP contribution in [-0.2, 0) is 22.6 Å². The maximum absolute atomic E-state index is 13.1. The van der Waals surface area contributed by atoms with Crippen molar-refractivity contribution in [1.29, 1.82) is 0 Å². The van der Waals surface area contributed by atoms with Crippen molar-refractivity contribution in [3.63, 3.8) is 0 Å². The van der Waals surface area contributed by atoms with Crippen molar-refractivity contribution in [2.24, 2.45) is 0 Å². The lowest BCUT2D eigenvalue weighted by molar-refractivity contribution is -0.138. The number of imide groups is 1. The van der Waals surface area contributed by atoms with E-state index in [1.807, 2.05) is 54.9 Å². The summed E-state index contributed by atoms with van der Waals surface area (Å²) in [4.78, 5) is 45.2. The van der Waals surface area contributed by atoms with Crippen molar-refractivity contribution in [3.8, 4) is 10.8 Å². The largest absolute Gasteiger partial charge is 0.418 e. The molecule has 0 radical (unpaired) electrons. The zero-order valence-electron chi connectivity index (χ0n) is 19.1. The number of urea groups is 1. The first kappa shape index (κ1) is 22.8. The molecule has 35 heavy (non-hydrogen) atoms. The Kier molecular flexibility index (Phi) is 6.32. The number of H-pyrrole nitrogens is 1. The van der Waals surface area contributed by atoms with Crippen molar-refractivity contribution < 1.29 is 18.8 Å². The van der Waals surface area contributed by atoms with Crippen LogP contribution in [0.2, 0.25) is 0 Å². The smallest absolute Gasteiger partial charge is 0.325 e. The van der Waals surface area contributed by atoms with Crippen LogP contribution in [-0.4, -0.2) is 62.0 Å². The third kappa shape index (κ3) is 4.67. The minimum Gasteiger partial charge on any atom is -0.418 e. The van der Waals surface area contributed by atoms with Gasteiger partial charge in [0.2, 0.25) is 11.8 Å². The fraction of sp³-hybridized carbons (Fsp3) is 0.292. The quantitative estimate of drug-likeness (QED) is 0.346. The van der Waals surface area contributed by atoms with Gasteiger partial charge >= 0.3 is 6.03 Å². The van der Waals surface area contributed by atoms with Gasteiger partial charge in [-0.2, -0.15) is 0 Å². The van der Waals surface area contributed by atoms with Crippen molar-refractivity contribution in [2.75, 3.05) is 13.1 Å². The molecule has 5 rings (SSSR count). The molecule has 1 fully saturated rings. The van der Waals surface area contributed by atoms with Crippen LogP contribution in [0, 0.1) is 0 Å². The van der Waals surface area contributed by atoms with Gasteiger partial charge in [-0.15, -0.1) is 21.5 Å². The summed E-state index contributed by atoms with van der Waals surface area (Å²) in [5.41, 5.74) is 1.89. The number of nitrogens with zero attached hydrogens (tertiary/aromatic N) is 4. The molecule has 1 aliphatic rings. The number of hydrogen-bond acceptors (Lipinski definition) is 7. The van der Waals surface area contributed by atoms with E-state index in [0.29, 0.717) is 31.2 Å². The van der Waals surface area contributed by atoms with Crippen LogP contribution < -0.4 is 5.32 Å². The van der Waals surface area contributed by atoms with E-state index in [-0.39, 0.29) is 19.0 Å². The Labute approximate surface area is 204 Å². The minimum absolute atomic E-state index is 0.105. The van der Waals surface area contributed by atoms with Crippen LogP contribution in [0.15, 0.2) is 52.4 Å². The van der Waals surface area contributed by atoms with Gasteiger partial charge in [-0.05, 0) is 29.5 Å². The number of benzene rings is 1. The molecular formula is C24H24N6O4S. The third-order valence-electron chi connectivity index (χ3n) is 5.87. The molecule has 1 atom stereocenters. The van der Waals surface area contributed by atoms with Gasteiger partial charge in [0.25, 0.3) is 11.8 Å². The second kappa shape index (κ2) is 9.71. The topological polar surface area (TPSA) is 124 Å². The highest BCUT2D eigenvalue weighted by Gasteiger charge is 2.40. The SMILES string of the molecule is CCCN(Cc1nnc(-c2cccs2)o1)C(=O)CN1C(=O)N[C@H](Cc2c[nH]c3ccccc23)C1=O. The predicted molar refractivity (Wildman–Crippen MR) is 129 cm³/mol. The first-order chi connectivity index (χ1) is 17.0. The first-order valence-electron chi connectivity index (χ1n) is 11.3. The Bertz CT molecular complexity index is 1360. The lowest BCUT2D eigenvalue weighted by Crippen LogP contribution is -2.43. The number of fused-ring (bicyclic) bond motifs is 1. The Hall–Kier alpha value is -3.99. The normalized spacial score (nSPS) is 15.7. The van der Waals surface area contributed by atoms with Crippen molar-refractivity contribution in [3.05, 3.63) is 59.4 Å². The van der Waals surface area contributed by atoms with Gasteiger partial charge in [-0.1, -0.05) is 31.2 Å². The molecule has 0 aliphatic carbocycles. The number of nitrogens with one attached hydrogen (secondary N) is 2. The van der Waals surface area contributed by atoms with Crippen molar-refractivity contribution in [2.45, 2.75) is 32.4 Å². The minimum atomic E-state index is -0.724. The molecule has 11 heteroatoms. The molecule has 0 bridgehead atoms. The van der Waals surface area contributed by atoms with E-state index in [4.69, 9.17) is 4.42 Å². The van der Waals surface area contributed by atoms with Gasteiger partial charge in [0.05, 0.1) is 11.4 Å². The van der Waals surface area contributed by atoms with Crippen molar-refractivity contribution in [1.82, 2.24) is 30.3 Å². The number of thiophene rings is 1. The van der Waals surface area contributed by atoms with Gasteiger partial charge in [-0.25, -0.2) is 4.79 Å². The summed E-state index contributed by atoms with van der Waals surface area (Å²) in [6.45, 7) is 2.13. The van der Waals surface area contributed by atoms with Crippen LogP contribution in [0.3, 0.4) is 0 Å². The van der Waals surface area contributed by atoms with E-state index in [1.165, 1.54) is 16.2 Å². The molecule has 1 aromatic carbocycles. The highest BCUT2D eigenvalue weighted by molar-refractivity contribution is 7.13. The van der Waals surface area contributed by atoms with E-state index in [2.05, 4.69) is 20.5 Å². The molecule has 0 unspecified atom stereocenters. The summed E-state index contributed by atoms with van der Waals surface area (Å²) in [6, 6.07) is 10.2. The van der Waals surface area contributed by atoms with Gasteiger partial charge in [0.1, 0.15) is 12.6 Å². The molecule has 4 heterocycles. The van der Waals surface area contributed by atoms with Gasteiger partial charge in [0.15, 0.2) is 0 Å². The van der Waals surface area contributed by atoms with Gasteiger partial charge in [-0.3, -0.25) is 14.5 Å². The molecule has 0 saturated carbocycles. The number of para-hydroxylation sites is 1. The summed E-state index contributed by atoms with van der Waals surface area (Å²) < 4.78 is 5.71.